The third-order valence-corrected chi connectivity index (χ3v) is 4.07. The molecule has 0 fully saturated rings. The molecule has 0 heterocycles. The first-order valence-corrected chi connectivity index (χ1v) is 8.48. The van der Waals surface area contributed by atoms with E-state index in [-0.39, 0.29) is 17.1 Å². The van der Waals surface area contributed by atoms with E-state index in [1.807, 2.05) is 0 Å². The number of alkyl halides is 3. The zero-order chi connectivity index (χ0) is 20.9. The van der Waals surface area contributed by atoms with Crippen molar-refractivity contribution in [2.75, 3.05) is 12.4 Å². The van der Waals surface area contributed by atoms with Gasteiger partial charge >= 0.3 is 12.1 Å². The lowest BCUT2D eigenvalue weighted by Gasteiger charge is -2.15. The maximum Gasteiger partial charge on any atom is 0.416 e. The van der Waals surface area contributed by atoms with E-state index in [4.69, 9.17) is 21.1 Å². The molecule has 0 spiro atoms. The van der Waals surface area contributed by atoms with Gasteiger partial charge in [0.25, 0.3) is 5.91 Å². The highest BCUT2D eigenvalue weighted by atomic mass is 35.5. The monoisotopic (exact) mass is 415 g/mol. The predicted molar refractivity (Wildman–Crippen MR) is 97.3 cm³/mol. The largest absolute Gasteiger partial charge is 0.497 e. The van der Waals surface area contributed by atoms with Crippen LogP contribution in [0.3, 0.4) is 0 Å². The highest BCUT2D eigenvalue weighted by Crippen LogP contribution is 2.33. The maximum atomic E-state index is 12.8. The summed E-state index contributed by atoms with van der Waals surface area (Å²) in [7, 11) is 1.51. The van der Waals surface area contributed by atoms with Crippen molar-refractivity contribution in [1.82, 2.24) is 0 Å². The van der Waals surface area contributed by atoms with Gasteiger partial charge < -0.3 is 14.8 Å². The average Bonchev–Trinajstić information content (AvgIpc) is 2.63. The van der Waals surface area contributed by atoms with Gasteiger partial charge in [-0.3, -0.25) is 9.59 Å². The van der Waals surface area contributed by atoms with Gasteiger partial charge in [0.1, 0.15) is 5.75 Å². The summed E-state index contributed by atoms with van der Waals surface area (Å²) >= 11 is 5.83. The lowest BCUT2D eigenvalue weighted by atomic mass is 10.1. The van der Waals surface area contributed by atoms with Gasteiger partial charge in [-0.25, -0.2) is 0 Å². The van der Waals surface area contributed by atoms with Gasteiger partial charge in [0.05, 0.1) is 29.8 Å². The molecule has 2 aromatic rings. The molecule has 0 saturated heterocycles. The van der Waals surface area contributed by atoms with Crippen LogP contribution in [0, 0.1) is 0 Å². The number of carbonyl (C=O) groups is 2. The van der Waals surface area contributed by atoms with Crippen molar-refractivity contribution in [2.45, 2.75) is 25.6 Å². The van der Waals surface area contributed by atoms with E-state index in [0.717, 1.165) is 12.1 Å². The number of amides is 1. The quantitative estimate of drug-likeness (QED) is 0.706. The van der Waals surface area contributed by atoms with E-state index < -0.39 is 29.7 Å². The molecule has 1 N–H and O–H groups in total. The van der Waals surface area contributed by atoms with Crippen LogP contribution in [0.15, 0.2) is 42.5 Å². The molecule has 9 heteroatoms. The number of anilines is 1. The van der Waals surface area contributed by atoms with Crippen LogP contribution in [0.1, 0.15) is 18.1 Å². The van der Waals surface area contributed by atoms with Gasteiger partial charge in [-0.2, -0.15) is 13.2 Å². The van der Waals surface area contributed by atoms with Gasteiger partial charge in [-0.15, -0.1) is 0 Å². The number of nitrogens with one attached hydrogen (secondary N) is 1. The lowest BCUT2D eigenvalue weighted by Crippen LogP contribution is -2.30. The average molecular weight is 416 g/mol. The van der Waals surface area contributed by atoms with Crippen LogP contribution >= 0.6 is 11.6 Å². The molecule has 0 aromatic heterocycles. The SMILES string of the molecule is COc1ccc(CC(=O)O[C@H](C)C(=O)Nc2cc(C(F)(F)F)ccc2Cl)cc1. The Balaban J connectivity index is 1.97. The molecule has 28 heavy (non-hydrogen) atoms. The molecule has 5 nitrogen and oxygen atoms in total. The zero-order valence-corrected chi connectivity index (χ0v) is 15.7. The molecule has 2 rings (SSSR count). The van der Waals surface area contributed by atoms with Gasteiger partial charge in [0, 0.05) is 0 Å². The molecular weight excluding hydrogens is 399 g/mol. The van der Waals surface area contributed by atoms with Crippen LogP contribution in [0.4, 0.5) is 18.9 Å². The Labute approximate surface area is 164 Å². The minimum atomic E-state index is -4.58. The molecular formula is C19H17ClF3NO4. The smallest absolute Gasteiger partial charge is 0.416 e. The topological polar surface area (TPSA) is 64.6 Å². The van der Waals surface area contributed by atoms with Crippen LogP contribution in [-0.4, -0.2) is 25.1 Å². The van der Waals surface area contributed by atoms with Crippen LogP contribution in [0.5, 0.6) is 5.75 Å². The molecule has 0 saturated carbocycles. The van der Waals surface area contributed by atoms with Gasteiger partial charge in [-0.1, -0.05) is 23.7 Å². The van der Waals surface area contributed by atoms with Crippen LogP contribution in [0.2, 0.25) is 5.02 Å². The van der Waals surface area contributed by atoms with Crippen LogP contribution < -0.4 is 10.1 Å². The highest BCUT2D eigenvalue weighted by molar-refractivity contribution is 6.33. The number of methoxy groups -OCH3 is 1. The summed E-state index contributed by atoms with van der Waals surface area (Å²) in [5.74, 6) is -0.838. The molecule has 0 aliphatic rings. The minimum Gasteiger partial charge on any atom is -0.497 e. The summed E-state index contributed by atoms with van der Waals surface area (Å²) in [6.07, 6.45) is -5.89. The highest BCUT2D eigenvalue weighted by Gasteiger charge is 2.31. The summed E-state index contributed by atoms with van der Waals surface area (Å²) in [4.78, 5) is 24.1. The molecule has 0 aliphatic heterocycles. The van der Waals surface area contributed by atoms with Crippen LogP contribution in [0.25, 0.3) is 0 Å². The van der Waals surface area contributed by atoms with E-state index in [9.17, 15) is 22.8 Å². The van der Waals surface area contributed by atoms with E-state index in [1.54, 1.807) is 24.3 Å². The third kappa shape index (κ3) is 5.88. The summed E-state index contributed by atoms with van der Waals surface area (Å²) in [5, 5.41) is 2.17. The fraction of sp³-hybridized carbons (Fsp3) is 0.263. The van der Waals surface area contributed by atoms with Gasteiger partial charge in [-0.05, 0) is 42.8 Å². The van der Waals surface area contributed by atoms with Crippen molar-refractivity contribution in [1.29, 1.82) is 0 Å². The number of esters is 1. The Kier molecular flexibility index (Phi) is 6.90. The number of hydrogen-bond acceptors (Lipinski definition) is 4. The fourth-order valence-electron chi connectivity index (χ4n) is 2.23. The summed E-state index contributed by atoms with van der Waals surface area (Å²) < 4.78 is 48.4. The molecule has 2 aromatic carbocycles. The summed E-state index contributed by atoms with van der Waals surface area (Å²) in [5.41, 5.74) is -0.532. The Bertz CT molecular complexity index is 853. The molecule has 1 amide bonds. The number of halogens is 4. The van der Waals surface area contributed by atoms with E-state index in [1.165, 1.54) is 14.0 Å². The molecule has 0 bridgehead atoms. The molecule has 150 valence electrons. The second kappa shape index (κ2) is 8.97. The summed E-state index contributed by atoms with van der Waals surface area (Å²) in [6.45, 7) is 1.31. The normalized spacial score (nSPS) is 12.2. The second-order valence-corrected chi connectivity index (χ2v) is 6.25. The van der Waals surface area contributed by atoms with Crippen molar-refractivity contribution in [3.8, 4) is 5.75 Å². The first kappa shape index (κ1) is 21.6. The number of carbonyl (C=O) groups excluding carboxylic acids is 2. The fourth-order valence-corrected chi connectivity index (χ4v) is 2.40. The molecule has 1 atom stereocenters. The van der Waals surface area contributed by atoms with E-state index >= 15 is 0 Å². The Morgan fingerprint density at radius 3 is 2.36 bits per heavy atom. The van der Waals surface area contributed by atoms with Gasteiger partial charge in [0.2, 0.25) is 0 Å². The van der Waals surface area contributed by atoms with E-state index in [2.05, 4.69) is 5.32 Å². The summed E-state index contributed by atoms with van der Waals surface area (Å²) in [6, 6.07) is 9.24. The first-order valence-electron chi connectivity index (χ1n) is 8.10. The standard InChI is InChI=1S/C19H17ClF3NO4/c1-11(28-17(25)9-12-3-6-14(27-2)7-4-12)18(26)24-16-10-13(19(21,22)23)5-8-15(16)20/h3-8,10-11H,9H2,1-2H3,(H,24,26)/t11-/m1/s1. The van der Waals surface area contributed by atoms with E-state index in [0.29, 0.717) is 17.4 Å². The Hall–Kier alpha value is -2.74. The third-order valence-electron chi connectivity index (χ3n) is 3.74. The second-order valence-electron chi connectivity index (χ2n) is 5.84. The molecule has 0 radical (unpaired) electrons. The molecule has 0 aliphatic carbocycles. The number of hydrogen-bond donors (Lipinski definition) is 1. The van der Waals surface area contributed by atoms with Crippen LogP contribution in [-0.2, 0) is 26.9 Å². The van der Waals surface area contributed by atoms with Crippen molar-refractivity contribution in [2.24, 2.45) is 0 Å². The number of ether oxygens (including phenoxy) is 2. The van der Waals surface area contributed by atoms with Crippen molar-refractivity contribution in [3.05, 3.63) is 58.6 Å². The van der Waals surface area contributed by atoms with Crippen molar-refractivity contribution in [3.63, 3.8) is 0 Å². The minimum absolute atomic E-state index is 0.0712. The van der Waals surface area contributed by atoms with Crippen molar-refractivity contribution >= 4 is 29.2 Å². The number of benzene rings is 2. The molecule has 0 unspecified atom stereocenters. The Morgan fingerprint density at radius 2 is 1.79 bits per heavy atom. The predicted octanol–water partition coefficient (Wildman–Crippen LogP) is 4.48. The number of rotatable bonds is 6. The Morgan fingerprint density at radius 1 is 1.14 bits per heavy atom. The lowest BCUT2D eigenvalue weighted by molar-refractivity contribution is -0.152. The van der Waals surface area contributed by atoms with Crippen molar-refractivity contribution < 1.29 is 32.2 Å². The first-order chi connectivity index (χ1) is 13.1. The maximum absolute atomic E-state index is 12.8. The zero-order valence-electron chi connectivity index (χ0n) is 15.0. The van der Waals surface area contributed by atoms with Gasteiger partial charge in [0.15, 0.2) is 6.10 Å².